The fourth-order valence-corrected chi connectivity index (χ4v) is 3.03. The van der Waals surface area contributed by atoms with Crippen molar-refractivity contribution in [3.63, 3.8) is 0 Å². The SMILES string of the molecule is COc1ccc(CO)c(Sc2ccc(SC)cc2)c1. The number of ether oxygens (including phenoxy) is 1. The lowest BCUT2D eigenvalue weighted by Gasteiger charge is -2.09. The van der Waals surface area contributed by atoms with Gasteiger partial charge in [0, 0.05) is 14.7 Å². The Kier molecular flexibility index (Phi) is 5.19. The van der Waals surface area contributed by atoms with Gasteiger partial charge in [-0.15, -0.1) is 11.8 Å². The Morgan fingerprint density at radius 3 is 2.32 bits per heavy atom. The molecule has 0 heterocycles. The minimum Gasteiger partial charge on any atom is -0.497 e. The molecule has 2 nitrogen and oxygen atoms in total. The summed E-state index contributed by atoms with van der Waals surface area (Å²) < 4.78 is 5.23. The van der Waals surface area contributed by atoms with E-state index in [1.807, 2.05) is 18.2 Å². The maximum Gasteiger partial charge on any atom is 0.120 e. The molecule has 0 aliphatic rings. The van der Waals surface area contributed by atoms with Crippen LogP contribution in [0, 0.1) is 0 Å². The van der Waals surface area contributed by atoms with Crippen LogP contribution in [0.3, 0.4) is 0 Å². The molecule has 0 spiro atoms. The first-order valence-electron chi connectivity index (χ1n) is 5.86. The van der Waals surface area contributed by atoms with Crippen molar-refractivity contribution in [2.45, 2.75) is 21.3 Å². The van der Waals surface area contributed by atoms with Crippen molar-refractivity contribution >= 4 is 23.5 Å². The molecule has 2 rings (SSSR count). The molecule has 0 bridgehead atoms. The molecule has 1 N–H and O–H groups in total. The van der Waals surface area contributed by atoms with Gasteiger partial charge in [-0.05, 0) is 48.2 Å². The number of rotatable bonds is 5. The van der Waals surface area contributed by atoms with E-state index >= 15 is 0 Å². The van der Waals surface area contributed by atoms with Crippen LogP contribution >= 0.6 is 23.5 Å². The molecule has 100 valence electrons. The van der Waals surface area contributed by atoms with Crippen LogP contribution in [-0.4, -0.2) is 18.5 Å². The molecular formula is C15H16O2S2. The monoisotopic (exact) mass is 292 g/mol. The molecule has 0 atom stereocenters. The predicted octanol–water partition coefficient (Wildman–Crippen LogP) is 4.06. The molecule has 0 radical (unpaired) electrons. The summed E-state index contributed by atoms with van der Waals surface area (Å²) in [6.45, 7) is 0.0369. The van der Waals surface area contributed by atoms with Crippen molar-refractivity contribution in [3.8, 4) is 5.75 Å². The van der Waals surface area contributed by atoms with Crippen molar-refractivity contribution in [2.24, 2.45) is 0 Å². The third-order valence-electron chi connectivity index (χ3n) is 2.73. The summed E-state index contributed by atoms with van der Waals surface area (Å²) in [6.07, 6.45) is 2.06. The highest BCUT2D eigenvalue weighted by Gasteiger charge is 2.06. The van der Waals surface area contributed by atoms with E-state index in [2.05, 4.69) is 30.5 Å². The lowest BCUT2D eigenvalue weighted by atomic mass is 10.2. The van der Waals surface area contributed by atoms with Crippen molar-refractivity contribution in [2.75, 3.05) is 13.4 Å². The van der Waals surface area contributed by atoms with Gasteiger partial charge in [0.25, 0.3) is 0 Å². The smallest absolute Gasteiger partial charge is 0.120 e. The molecule has 0 saturated carbocycles. The third-order valence-corrected chi connectivity index (χ3v) is 4.58. The fourth-order valence-electron chi connectivity index (χ4n) is 1.66. The van der Waals surface area contributed by atoms with Gasteiger partial charge in [-0.1, -0.05) is 17.8 Å². The Hall–Kier alpha value is -1.10. The standard InChI is InChI=1S/C15H16O2S2/c1-17-12-4-3-11(10-16)15(9-12)19-14-7-5-13(18-2)6-8-14/h3-9,16H,10H2,1-2H3. The van der Waals surface area contributed by atoms with Crippen LogP contribution in [0.1, 0.15) is 5.56 Å². The topological polar surface area (TPSA) is 29.5 Å². The number of aliphatic hydroxyl groups excluding tert-OH is 1. The molecule has 0 aliphatic carbocycles. The van der Waals surface area contributed by atoms with Crippen LogP contribution < -0.4 is 4.74 Å². The molecule has 0 amide bonds. The summed E-state index contributed by atoms with van der Waals surface area (Å²) in [5.74, 6) is 0.806. The zero-order valence-corrected chi connectivity index (χ0v) is 12.6. The molecule has 2 aromatic carbocycles. The van der Waals surface area contributed by atoms with Gasteiger partial charge in [0.05, 0.1) is 13.7 Å². The Morgan fingerprint density at radius 2 is 1.74 bits per heavy atom. The number of aliphatic hydroxyl groups is 1. The van der Waals surface area contributed by atoms with E-state index in [1.54, 1.807) is 30.6 Å². The molecule has 0 saturated heterocycles. The van der Waals surface area contributed by atoms with E-state index in [-0.39, 0.29) is 6.61 Å². The normalized spacial score (nSPS) is 10.5. The van der Waals surface area contributed by atoms with E-state index in [0.29, 0.717) is 0 Å². The zero-order chi connectivity index (χ0) is 13.7. The Balaban J connectivity index is 2.25. The first-order chi connectivity index (χ1) is 9.26. The quantitative estimate of drug-likeness (QED) is 0.842. The highest BCUT2D eigenvalue weighted by atomic mass is 32.2. The molecular weight excluding hydrogens is 276 g/mol. The first-order valence-corrected chi connectivity index (χ1v) is 7.90. The van der Waals surface area contributed by atoms with Crippen LogP contribution in [0.15, 0.2) is 57.2 Å². The summed E-state index contributed by atoms with van der Waals surface area (Å²) in [5.41, 5.74) is 0.916. The summed E-state index contributed by atoms with van der Waals surface area (Å²) in [7, 11) is 1.65. The lowest BCUT2D eigenvalue weighted by molar-refractivity contribution is 0.278. The van der Waals surface area contributed by atoms with E-state index in [1.165, 1.54) is 4.90 Å². The molecule has 0 aliphatic heterocycles. The Morgan fingerprint density at radius 1 is 1.05 bits per heavy atom. The van der Waals surface area contributed by atoms with Gasteiger partial charge in [-0.3, -0.25) is 0 Å². The van der Waals surface area contributed by atoms with Crippen molar-refractivity contribution in [1.29, 1.82) is 0 Å². The predicted molar refractivity (Wildman–Crippen MR) is 81.3 cm³/mol. The molecule has 4 heteroatoms. The number of hydrogen-bond acceptors (Lipinski definition) is 4. The maximum atomic E-state index is 9.38. The highest BCUT2D eigenvalue weighted by Crippen LogP contribution is 2.34. The van der Waals surface area contributed by atoms with Gasteiger partial charge in [-0.2, -0.15) is 0 Å². The zero-order valence-electron chi connectivity index (χ0n) is 10.9. The number of hydrogen-bond donors (Lipinski definition) is 1. The molecule has 19 heavy (non-hydrogen) atoms. The van der Waals surface area contributed by atoms with E-state index in [0.717, 1.165) is 21.1 Å². The summed E-state index contributed by atoms with van der Waals surface area (Å²) in [5, 5.41) is 9.38. The average molecular weight is 292 g/mol. The van der Waals surface area contributed by atoms with Crippen LogP contribution in [-0.2, 0) is 6.61 Å². The van der Waals surface area contributed by atoms with Crippen molar-refractivity contribution in [1.82, 2.24) is 0 Å². The van der Waals surface area contributed by atoms with Crippen molar-refractivity contribution in [3.05, 3.63) is 48.0 Å². The van der Waals surface area contributed by atoms with Gasteiger partial charge in [-0.25, -0.2) is 0 Å². The fraction of sp³-hybridized carbons (Fsp3) is 0.200. The number of thioether (sulfide) groups is 1. The Bertz CT molecular complexity index is 538. The number of methoxy groups -OCH3 is 1. The van der Waals surface area contributed by atoms with Crippen molar-refractivity contribution < 1.29 is 9.84 Å². The lowest BCUT2D eigenvalue weighted by Crippen LogP contribution is -1.90. The van der Waals surface area contributed by atoms with Gasteiger partial charge in [0.2, 0.25) is 0 Å². The maximum absolute atomic E-state index is 9.38. The first kappa shape index (κ1) is 14.3. The molecule has 0 fully saturated rings. The third kappa shape index (κ3) is 3.69. The van der Waals surface area contributed by atoms with Gasteiger partial charge in [0.15, 0.2) is 0 Å². The van der Waals surface area contributed by atoms with Gasteiger partial charge in [0.1, 0.15) is 5.75 Å². The molecule has 0 unspecified atom stereocenters. The minimum atomic E-state index is 0.0369. The second kappa shape index (κ2) is 6.89. The van der Waals surface area contributed by atoms with Gasteiger partial charge < -0.3 is 9.84 Å². The van der Waals surface area contributed by atoms with Crippen LogP contribution in [0.4, 0.5) is 0 Å². The summed E-state index contributed by atoms with van der Waals surface area (Å²) >= 11 is 3.37. The molecule has 2 aromatic rings. The number of benzene rings is 2. The van der Waals surface area contributed by atoms with Crippen LogP contribution in [0.25, 0.3) is 0 Å². The van der Waals surface area contributed by atoms with Gasteiger partial charge >= 0.3 is 0 Å². The summed E-state index contributed by atoms with van der Waals surface area (Å²) in [6, 6.07) is 14.1. The van der Waals surface area contributed by atoms with E-state index < -0.39 is 0 Å². The largest absolute Gasteiger partial charge is 0.497 e. The average Bonchev–Trinajstić information content (AvgIpc) is 2.48. The van der Waals surface area contributed by atoms with E-state index in [9.17, 15) is 5.11 Å². The minimum absolute atomic E-state index is 0.0369. The van der Waals surface area contributed by atoms with Crippen LogP contribution in [0.5, 0.6) is 5.75 Å². The van der Waals surface area contributed by atoms with E-state index in [4.69, 9.17) is 4.74 Å². The Labute approximate surface area is 122 Å². The summed E-state index contributed by atoms with van der Waals surface area (Å²) in [4.78, 5) is 3.43. The second-order valence-corrected chi connectivity index (χ2v) is 5.90. The second-order valence-electron chi connectivity index (χ2n) is 3.91. The highest BCUT2D eigenvalue weighted by molar-refractivity contribution is 7.99. The molecule has 0 aromatic heterocycles. The van der Waals surface area contributed by atoms with Crippen LogP contribution in [0.2, 0.25) is 0 Å².